The number of nitrogens with zero attached hydrogens (tertiary/aromatic N) is 1. The van der Waals surface area contributed by atoms with E-state index in [1.807, 2.05) is 44.2 Å². The number of carbonyl (C=O) groups is 1. The van der Waals surface area contributed by atoms with E-state index in [1.54, 1.807) is 0 Å². The van der Waals surface area contributed by atoms with E-state index in [4.69, 9.17) is 22.7 Å². The largest absolute Gasteiger partial charge is 0.450 e. The zero-order valence-corrected chi connectivity index (χ0v) is 13.7. The maximum atomic E-state index is 11.4. The number of benzene rings is 1. The lowest BCUT2D eigenvalue weighted by molar-refractivity contribution is 0.143. The minimum Gasteiger partial charge on any atom is -0.450 e. The van der Waals surface area contributed by atoms with Gasteiger partial charge in [0.1, 0.15) is 0 Å². The first kappa shape index (κ1) is 17.9. The van der Waals surface area contributed by atoms with Crippen molar-refractivity contribution in [2.45, 2.75) is 32.7 Å². The smallest absolute Gasteiger partial charge is 0.407 e. The van der Waals surface area contributed by atoms with E-state index in [2.05, 4.69) is 15.8 Å². The van der Waals surface area contributed by atoms with Gasteiger partial charge in [0.15, 0.2) is 5.11 Å². The van der Waals surface area contributed by atoms with E-state index in [0.717, 1.165) is 11.3 Å². The van der Waals surface area contributed by atoms with Crippen molar-refractivity contribution < 1.29 is 9.53 Å². The summed E-state index contributed by atoms with van der Waals surface area (Å²) in [5.74, 6) is 0. The molecular formula is C15H22N4O2S. The van der Waals surface area contributed by atoms with Crippen molar-refractivity contribution in [1.29, 1.82) is 0 Å². The molecule has 0 bridgehead atoms. The Balaban J connectivity index is 2.51. The van der Waals surface area contributed by atoms with Gasteiger partial charge in [-0.05, 0) is 44.5 Å². The first-order chi connectivity index (χ1) is 10.5. The van der Waals surface area contributed by atoms with Gasteiger partial charge in [-0.1, -0.05) is 30.3 Å². The second kappa shape index (κ2) is 9.73. The van der Waals surface area contributed by atoms with Gasteiger partial charge in [-0.2, -0.15) is 5.10 Å². The normalized spacial score (nSPS) is 11.1. The average Bonchev–Trinajstić information content (AvgIpc) is 2.46. The van der Waals surface area contributed by atoms with Crippen LogP contribution >= 0.6 is 12.2 Å². The van der Waals surface area contributed by atoms with Crippen molar-refractivity contribution in [2.24, 2.45) is 10.8 Å². The number of hydrogen-bond donors (Lipinski definition) is 3. The summed E-state index contributed by atoms with van der Waals surface area (Å²) in [6.45, 7) is 4.07. The number of rotatable bonds is 7. The second-order valence-corrected chi connectivity index (χ2v) is 5.38. The van der Waals surface area contributed by atoms with E-state index in [0.29, 0.717) is 19.4 Å². The van der Waals surface area contributed by atoms with Gasteiger partial charge in [-0.15, -0.1) is 0 Å². The van der Waals surface area contributed by atoms with Crippen molar-refractivity contribution in [2.75, 3.05) is 6.61 Å². The van der Waals surface area contributed by atoms with Crippen LogP contribution < -0.4 is 16.5 Å². The summed E-state index contributed by atoms with van der Waals surface area (Å²) >= 11 is 4.76. The molecule has 120 valence electrons. The molecule has 1 rings (SSSR count). The molecule has 0 aliphatic carbocycles. The van der Waals surface area contributed by atoms with Crippen LogP contribution in [0, 0.1) is 0 Å². The van der Waals surface area contributed by atoms with E-state index in [9.17, 15) is 4.79 Å². The second-order valence-electron chi connectivity index (χ2n) is 4.94. The number of thiocarbonyl (C=S) groups is 1. The van der Waals surface area contributed by atoms with Crippen LogP contribution in [0.5, 0.6) is 0 Å². The molecule has 1 amide bonds. The first-order valence-electron chi connectivity index (χ1n) is 7.09. The highest BCUT2D eigenvalue weighted by molar-refractivity contribution is 7.80. The summed E-state index contributed by atoms with van der Waals surface area (Å²) in [5, 5.41) is 6.98. The number of ether oxygens (including phenoxy) is 1. The van der Waals surface area contributed by atoms with Gasteiger partial charge in [0.2, 0.25) is 0 Å². The van der Waals surface area contributed by atoms with Crippen molar-refractivity contribution in [3.8, 4) is 0 Å². The Morgan fingerprint density at radius 1 is 1.36 bits per heavy atom. The molecule has 1 aromatic carbocycles. The Labute approximate surface area is 136 Å². The molecule has 6 nitrogen and oxygen atoms in total. The first-order valence-corrected chi connectivity index (χ1v) is 7.50. The molecule has 0 fully saturated rings. The highest BCUT2D eigenvalue weighted by Crippen LogP contribution is 2.06. The number of hydrazone groups is 1. The van der Waals surface area contributed by atoms with Crippen LogP contribution in [0.25, 0.3) is 0 Å². The lowest BCUT2D eigenvalue weighted by Gasteiger charge is -2.10. The van der Waals surface area contributed by atoms with Crippen LogP contribution in [0.15, 0.2) is 35.4 Å². The van der Waals surface area contributed by atoms with E-state index in [1.165, 1.54) is 0 Å². The van der Waals surface area contributed by atoms with Gasteiger partial charge in [0, 0.05) is 6.04 Å². The molecule has 0 radical (unpaired) electrons. The van der Waals surface area contributed by atoms with Crippen molar-refractivity contribution >= 4 is 29.1 Å². The summed E-state index contributed by atoms with van der Waals surface area (Å²) < 4.78 is 5.09. The SMILES string of the molecule is CC(C)NC(=O)OCCC/C(=N\NC(N)=S)c1ccccc1. The Morgan fingerprint density at radius 3 is 2.64 bits per heavy atom. The summed E-state index contributed by atoms with van der Waals surface area (Å²) in [7, 11) is 0. The Bertz CT molecular complexity index is 518. The fraction of sp³-hybridized carbons (Fsp3) is 0.400. The van der Waals surface area contributed by atoms with Crippen molar-refractivity contribution in [3.05, 3.63) is 35.9 Å². The van der Waals surface area contributed by atoms with Crippen LogP contribution in [0.3, 0.4) is 0 Å². The van der Waals surface area contributed by atoms with Gasteiger partial charge in [0.05, 0.1) is 12.3 Å². The molecule has 0 heterocycles. The minimum atomic E-state index is -0.408. The molecule has 22 heavy (non-hydrogen) atoms. The highest BCUT2D eigenvalue weighted by atomic mass is 32.1. The minimum absolute atomic E-state index is 0.0590. The van der Waals surface area contributed by atoms with Gasteiger partial charge in [-0.3, -0.25) is 5.43 Å². The zero-order chi connectivity index (χ0) is 16.4. The standard InChI is InChI=1S/C15H22N4O2S/c1-11(2)17-15(20)21-10-6-9-13(18-19-14(16)22)12-7-4-3-5-8-12/h3-5,7-8,11H,6,9-10H2,1-2H3,(H,17,20)(H3,16,19,22)/b18-13+. The van der Waals surface area contributed by atoms with Crippen molar-refractivity contribution in [1.82, 2.24) is 10.7 Å². The highest BCUT2D eigenvalue weighted by Gasteiger charge is 2.06. The zero-order valence-electron chi connectivity index (χ0n) is 12.8. The third-order valence-electron chi connectivity index (χ3n) is 2.61. The molecule has 1 aromatic rings. The molecule has 4 N–H and O–H groups in total. The van der Waals surface area contributed by atoms with Crippen LogP contribution in [-0.2, 0) is 4.74 Å². The summed E-state index contributed by atoms with van der Waals surface area (Å²) in [4.78, 5) is 11.4. The number of amides is 1. The van der Waals surface area contributed by atoms with Crippen LogP contribution in [0.1, 0.15) is 32.3 Å². The lowest BCUT2D eigenvalue weighted by Crippen LogP contribution is -2.31. The monoisotopic (exact) mass is 322 g/mol. The Kier molecular flexibility index (Phi) is 7.91. The third-order valence-corrected chi connectivity index (χ3v) is 2.70. The molecule has 0 unspecified atom stereocenters. The van der Waals surface area contributed by atoms with E-state index in [-0.39, 0.29) is 11.2 Å². The van der Waals surface area contributed by atoms with Crippen LogP contribution in [-0.4, -0.2) is 29.6 Å². The lowest BCUT2D eigenvalue weighted by atomic mass is 10.1. The Hall–Kier alpha value is -2.15. The van der Waals surface area contributed by atoms with Crippen LogP contribution in [0.2, 0.25) is 0 Å². The van der Waals surface area contributed by atoms with Gasteiger partial charge >= 0.3 is 6.09 Å². The maximum absolute atomic E-state index is 11.4. The van der Waals surface area contributed by atoms with Crippen molar-refractivity contribution in [3.63, 3.8) is 0 Å². The summed E-state index contributed by atoms with van der Waals surface area (Å²) in [5.41, 5.74) is 9.77. The van der Waals surface area contributed by atoms with Gasteiger partial charge in [0.25, 0.3) is 0 Å². The van der Waals surface area contributed by atoms with Crippen LogP contribution in [0.4, 0.5) is 4.79 Å². The predicted molar refractivity (Wildman–Crippen MR) is 91.8 cm³/mol. The number of alkyl carbamates (subject to hydrolysis) is 1. The number of carbonyl (C=O) groups excluding carboxylic acids is 1. The molecule has 0 saturated heterocycles. The van der Waals surface area contributed by atoms with Gasteiger partial charge < -0.3 is 15.8 Å². The quantitative estimate of drug-likeness (QED) is 0.310. The molecule has 0 aliphatic heterocycles. The number of hydrogen-bond acceptors (Lipinski definition) is 4. The van der Waals surface area contributed by atoms with E-state index >= 15 is 0 Å². The molecule has 0 spiro atoms. The summed E-state index contributed by atoms with van der Waals surface area (Å²) in [6.07, 6.45) is 0.877. The summed E-state index contributed by atoms with van der Waals surface area (Å²) in [6, 6.07) is 9.75. The van der Waals surface area contributed by atoms with Gasteiger partial charge in [-0.25, -0.2) is 4.79 Å². The molecule has 0 saturated carbocycles. The average molecular weight is 322 g/mol. The number of nitrogens with one attached hydrogen (secondary N) is 2. The molecular weight excluding hydrogens is 300 g/mol. The third kappa shape index (κ3) is 7.58. The fourth-order valence-electron chi connectivity index (χ4n) is 1.70. The topological polar surface area (TPSA) is 88.7 Å². The van der Waals surface area contributed by atoms with E-state index < -0.39 is 6.09 Å². The molecule has 0 aromatic heterocycles. The number of nitrogens with two attached hydrogens (primary N) is 1. The molecule has 7 heteroatoms. The molecule has 0 atom stereocenters. The fourth-order valence-corrected chi connectivity index (χ4v) is 1.75. The maximum Gasteiger partial charge on any atom is 0.407 e. The predicted octanol–water partition coefficient (Wildman–Crippen LogP) is 2.14. The Morgan fingerprint density at radius 2 is 2.05 bits per heavy atom. The molecule has 0 aliphatic rings.